The SMILES string of the molecule is Cc1c(Cl)cccc1-c1ccc([C@H]2[C@@H](c3ccccn3)NC(=S)N2c2ccc(OC(C)C)cc2)o1. The fraction of sp³-hybridized carbons (Fsp3) is 0.214. The molecule has 1 fully saturated rings. The van der Waals surface area contributed by atoms with E-state index in [2.05, 4.69) is 15.2 Å². The summed E-state index contributed by atoms with van der Waals surface area (Å²) in [5.41, 5.74) is 3.78. The lowest BCUT2D eigenvalue weighted by Gasteiger charge is -2.26. The van der Waals surface area contributed by atoms with Crippen molar-refractivity contribution in [3.05, 3.63) is 101 Å². The second-order valence-corrected chi connectivity index (χ2v) is 9.57. The van der Waals surface area contributed by atoms with E-state index in [0.717, 1.165) is 39.8 Å². The van der Waals surface area contributed by atoms with Crippen LogP contribution < -0.4 is 15.0 Å². The van der Waals surface area contributed by atoms with Gasteiger partial charge in [-0.15, -0.1) is 0 Å². The summed E-state index contributed by atoms with van der Waals surface area (Å²) >= 11 is 12.2. The largest absolute Gasteiger partial charge is 0.491 e. The van der Waals surface area contributed by atoms with Crippen LogP contribution in [0.15, 0.2) is 83.4 Å². The standard InChI is InChI=1S/C28H26ClN3O2S/c1-17(2)33-20-12-10-19(11-13-20)32-27(26(31-28(32)35)23-9-4-5-16-30-23)25-15-14-24(34-25)21-7-6-8-22(29)18(21)3/h4-17,26-27H,1-3H3,(H,31,35)/t26-,27+/m1/s1. The Bertz CT molecular complexity index is 1340. The molecular weight excluding hydrogens is 478 g/mol. The molecule has 2 aromatic carbocycles. The first-order valence-corrected chi connectivity index (χ1v) is 12.3. The van der Waals surface area contributed by atoms with Crippen LogP contribution in [0.25, 0.3) is 11.3 Å². The van der Waals surface area contributed by atoms with Crippen molar-refractivity contribution in [2.24, 2.45) is 0 Å². The number of thiocarbonyl (C=S) groups is 1. The van der Waals surface area contributed by atoms with Crippen molar-refractivity contribution < 1.29 is 9.15 Å². The first kappa shape index (κ1) is 23.4. The van der Waals surface area contributed by atoms with Gasteiger partial charge in [0.25, 0.3) is 0 Å². The summed E-state index contributed by atoms with van der Waals surface area (Å²) in [6, 6.07) is 23.3. The normalized spacial score (nSPS) is 17.6. The molecule has 2 atom stereocenters. The maximum Gasteiger partial charge on any atom is 0.174 e. The van der Waals surface area contributed by atoms with E-state index < -0.39 is 0 Å². The van der Waals surface area contributed by atoms with Crippen molar-refractivity contribution in [2.45, 2.75) is 39.0 Å². The number of rotatable bonds is 6. The first-order chi connectivity index (χ1) is 16.9. The highest BCUT2D eigenvalue weighted by Gasteiger charge is 2.42. The number of pyridine rings is 1. The van der Waals surface area contributed by atoms with Gasteiger partial charge in [0.2, 0.25) is 0 Å². The first-order valence-electron chi connectivity index (χ1n) is 11.5. The van der Waals surface area contributed by atoms with Gasteiger partial charge in [-0.3, -0.25) is 4.98 Å². The zero-order valence-corrected chi connectivity index (χ0v) is 21.3. The molecule has 4 aromatic rings. The van der Waals surface area contributed by atoms with E-state index in [4.69, 9.17) is 33.0 Å². The van der Waals surface area contributed by atoms with E-state index in [-0.39, 0.29) is 18.2 Å². The molecular formula is C28H26ClN3O2S. The minimum absolute atomic E-state index is 0.105. The molecule has 0 radical (unpaired) electrons. The number of hydrogen-bond acceptors (Lipinski definition) is 4. The number of ether oxygens (including phenoxy) is 1. The molecule has 1 saturated heterocycles. The fourth-order valence-corrected chi connectivity index (χ4v) is 4.93. The van der Waals surface area contributed by atoms with Gasteiger partial charge in [0, 0.05) is 22.5 Å². The summed E-state index contributed by atoms with van der Waals surface area (Å²) in [7, 11) is 0. The van der Waals surface area contributed by atoms with Crippen LogP contribution in [0.5, 0.6) is 5.75 Å². The number of nitrogens with one attached hydrogen (secondary N) is 1. The average Bonchev–Trinajstić information content (AvgIpc) is 3.46. The third-order valence-corrected chi connectivity index (χ3v) is 6.76. The molecule has 3 heterocycles. The van der Waals surface area contributed by atoms with Crippen LogP contribution in [-0.4, -0.2) is 16.2 Å². The highest BCUT2D eigenvalue weighted by Crippen LogP contribution is 2.43. The van der Waals surface area contributed by atoms with Crippen molar-refractivity contribution in [3.63, 3.8) is 0 Å². The monoisotopic (exact) mass is 503 g/mol. The highest BCUT2D eigenvalue weighted by atomic mass is 35.5. The van der Waals surface area contributed by atoms with Crippen molar-refractivity contribution in [1.29, 1.82) is 0 Å². The van der Waals surface area contributed by atoms with Crippen molar-refractivity contribution in [2.75, 3.05) is 4.90 Å². The van der Waals surface area contributed by atoms with Gasteiger partial charge in [-0.1, -0.05) is 29.8 Å². The molecule has 0 amide bonds. The van der Waals surface area contributed by atoms with Crippen LogP contribution in [0.3, 0.4) is 0 Å². The summed E-state index contributed by atoms with van der Waals surface area (Å²) in [6.07, 6.45) is 1.90. The maximum absolute atomic E-state index is 6.47. The quantitative estimate of drug-likeness (QED) is 0.279. The van der Waals surface area contributed by atoms with Crippen molar-refractivity contribution >= 4 is 34.6 Å². The Labute approximate surface area is 215 Å². The summed E-state index contributed by atoms with van der Waals surface area (Å²) < 4.78 is 12.3. The Hall–Kier alpha value is -3.35. The van der Waals surface area contributed by atoms with E-state index in [0.29, 0.717) is 10.1 Å². The van der Waals surface area contributed by atoms with Crippen LogP contribution in [0.1, 0.15) is 42.9 Å². The molecule has 1 aliphatic heterocycles. The third kappa shape index (κ3) is 4.64. The average molecular weight is 504 g/mol. The number of benzene rings is 2. The minimum Gasteiger partial charge on any atom is -0.491 e. The molecule has 0 unspecified atom stereocenters. The number of aromatic nitrogens is 1. The maximum atomic E-state index is 6.47. The summed E-state index contributed by atoms with van der Waals surface area (Å²) in [5, 5.41) is 4.79. The van der Waals surface area contributed by atoms with Crippen LogP contribution in [0, 0.1) is 6.92 Å². The van der Waals surface area contributed by atoms with Gasteiger partial charge in [0.1, 0.15) is 23.3 Å². The number of furan rings is 1. The van der Waals surface area contributed by atoms with Gasteiger partial charge in [0.15, 0.2) is 5.11 Å². The molecule has 7 heteroatoms. The smallest absolute Gasteiger partial charge is 0.174 e. The van der Waals surface area contributed by atoms with Gasteiger partial charge >= 0.3 is 0 Å². The topological polar surface area (TPSA) is 50.5 Å². The molecule has 0 bridgehead atoms. The molecule has 1 aliphatic rings. The Morgan fingerprint density at radius 2 is 1.83 bits per heavy atom. The van der Waals surface area contributed by atoms with Crippen molar-refractivity contribution in [1.82, 2.24) is 10.3 Å². The molecule has 2 aromatic heterocycles. The Kier molecular flexibility index (Phi) is 6.50. The lowest BCUT2D eigenvalue weighted by Crippen LogP contribution is -2.29. The van der Waals surface area contributed by atoms with Gasteiger partial charge in [-0.05, 0) is 93.1 Å². The van der Waals surface area contributed by atoms with E-state index in [1.54, 1.807) is 6.20 Å². The molecule has 5 nitrogen and oxygen atoms in total. The summed E-state index contributed by atoms with van der Waals surface area (Å²) in [5.74, 6) is 2.36. The zero-order chi connectivity index (χ0) is 24.5. The Balaban J connectivity index is 1.56. The fourth-order valence-electron chi connectivity index (χ4n) is 4.41. The molecule has 1 N–H and O–H groups in total. The van der Waals surface area contributed by atoms with E-state index in [1.165, 1.54) is 0 Å². The Morgan fingerprint density at radius 3 is 2.54 bits per heavy atom. The zero-order valence-electron chi connectivity index (χ0n) is 19.7. The molecule has 0 aliphatic carbocycles. The molecule has 178 valence electrons. The van der Waals surface area contributed by atoms with Crippen LogP contribution >= 0.6 is 23.8 Å². The van der Waals surface area contributed by atoms with Gasteiger partial charge in [-0.25, -0.2) is 0 Å². The predicted molar refractivity (Wildman–Crippen MR) is 144 cm³/mol. The third-order valence-electron chi connectivity index (χ3n) is 6.04. The van der Waals surface area contributed by atoms with E-state index in [1.807, 2.05) is 93.6 Å². The van der Waals surface area contributed by atoms with E-state index in [9.17, 15) is 0 Å². The predicted octanol–water partition coefficient (Wildman–Crippen LogP) is 7.27. The van der Waals surface area contributed by atoms with Gasteiger partial charge in [0.05, 0.1) is 17.8 Å². The number of nitrogens with zero attached hydrogens (tertiary/aromatic N) is 2. The molecule has 0 saturated carbocycles. The molecule has 5 rings (SSSR count). The molecule has 35 heavy (non-hydrogen) atoms. The van der Waals surface area contributed by atoms with Gasteiger partial charge < -0.3 is 19.4 Å². The lowest BCUT2D eigenvalue weighted by atomic mass is 10.0. The minimum atomic E-state index is -0.234. The second-order valence-electron chi connectivity index (χ2n) is 8.77. The molecule has 0 spiro atoms. The number of anilines is 1. The van der Waals surface area contributed by atoms with E-state index >= 15 is 0 Å². The van der Waals surface area contributed by atoms with Gasteiger partial charge in [-0.2, -0.15) is 0 Å². The highest BCUT2D eigenvalue weighted by molar-refractivity contribution is 7.80. The second kappa shape index (κ2) is 9.72. The summed E-state index contributed by atoms with van der Waals surface area (Å²) in [6.45, 7) is 6.02. The number of halogens is 1. The van der Waals surface area contributed by atoms with Crippen LogP contribution in [-0.2, 0) is 0 Å². The Morgan fingerprint density at radius 1 is 1.03 bits per heavy atom. The van der Waals surface area contributed by atoms with Crippen LogP contribution in [0.2, 0.25) is 5.02 Å². The lowest BCUT2D eigenvalue weighted by molar-refractivity contribution is 0.242. The summed E-state index contributed by atoms with van der Waals surface area (Å²) in [4.78, 5) is 6.69. The van der Waals surface area contributed by atoms with Crippen molar-refractivity contribution in [3.8, 4) is 17.1 Å². The number of hydrogen-bond donors (Lipinski definition) is 1. The van der Waals surface area contributed by atoms with Crippen LogP contribution in [0.4, 0.5) is 5.69 Å².